The minimum absolute atomic E-state index is 0.0172. The SMILES string of the molecule is Cc1ccncc1NC(=O)[C@H]1CC[C@H](N2C(=O)[C@@H]3[C@@H]4CC[C@@H](C4)[C@@H]3C2=O)CC1. The molecule has 3 amide bonds. The van der Waals surface area contributed by atoms with Crippen LogP contribution in [0.15, 0.2) is 18.5 Å². The normalized spacial score (nSPS) is 36.7. The van der Waals surface area contributed by atoms with E-state index >= 15 is 0 Å². The summed E-state index contributed by atoms with van der Waals surface area (Å²) in [5.41, 5.74) is 1.74. The van der Waals surface area contributed by atoms with Crippen molar-refractivity contribution in [2.24, 2.45) is 29.6 Å². The Balaban J connectivity index is 1.22. The standard InChI is InChI=1S/C22H27N3O3/c1-12-8-9-23-11-17(12)24-20(26)13-4-6-16(7-5-13)25-21(27)18-14-2-3-15(10-14)19(18)22(25)28/h8-9,11,13-16,18-19H,2-7,10H2,1H3,(H,24,26)/t13-,14-,15+,16-,18-,19+. The zero-order valence-corrected chi connectivity index (χ0v) is 16.3. The van der Waals surface area contributed by atoms with Gasteiger partial charge in [0.15, 0.2) is 0 Å². The summed E-state index contributed by atoms with van der Waals surface area (Å²) in [6, 6.07) is 1.86. The summed E-state index contributed by atoms with van der Waals surface area (Å²) in [6.45, 7) is 1.95. The van der Waals surface area contributed by atoms with Gasteiger partial charge >= 0.3 is 0 Å². The molecule has 0 unspecified atom stereocenters. The van der Waals surface area contributed by atoms with Crippen molar-refractivity contribution in [3.63, 3.8) is 0 Å². The highest BCUT2D eigenvalue weighted by atomic mass is 16.2. The first-order chi connectivity index (χ1) is 13.5. The zero-order chi connectivity index (χ0) is 19.4. The molecule has 1 saturated heterocycles. The van der Waals surface area contributed by atoms with Gasteiger partial charge in [0.05, 0.1) is 23.7 Å². The lowest BCUT2D eigenvalue weighted by Crippen LogP contribution is -2.44. The summed E-state index contributed by atoms with van der Waals surface area (Å²) in [5, 5.41) is 2.99. The Morgan fingerprint density at radius 2 is 1.68 bits per heavy atom. The van der Waals surface area contributed by atoms with Crippen LogP contribution in [0.2, 0.25) is 0 Å². The number of hydrogen-bond donors (Lipinski definition) is 1. The largest absolute Gasteiger partial charge is 0.324 e. The Hall–Kier alpha value is -2.24. The smallest absolute Gasteiger partial charge is 0.233 e. The lowest BCUT2D eigenvalue weighted by Gasteiger charge is -2.33. The van der Waals surface area contributed by atoms with Gasteiger partial charge in [0, 0.05) is 18.2 Å². The molecule has 2 bridgehead atoms. The van der Waals surface area contributed by atoms with E-state index in [0.29, 0.717) is 11.8 Å². The number of imide groups is 1. The van der Waals surface area contributed by atoms with Gasteiger partial charge < -0.3 is 5.32 Å². The Morgan fingerprint density at radius 3 is 2.29 bits per heavy atom. The van der Waals surface area contributed by atoms with E-state index in [4.69, 9.17) is 0 Å². The molecule has 148 valence electrons. The van der Waals surface area contributed by atoms with Crippen molar-refractivity contribution in [3.05, 3.63) is 24.0 Å². The summed E-state index contributed by atoms with van der Waals surface area (Å²) in [4.78, 5) is 44.3. The van der Waals surface area contributed by atoms with Gasteiger partial charge in [0.1, 0.15) is 0 Å². The summed E-state index contributed by atoms with van der Waals surface area (Å²) < 4.78 is 0. The van der Waals surface area contributed by atoms with Crippen LogP contribution in [0.25, 0.3) is 0 Å². The molecule has 28 heavy (non-hydrogen) atoms. The molecule has 4 fully saturated rings. The molecule has 1 aliphatic heterocycles. The molecule has 6 nitrogen and oxygen atoms in total. The molecule has 3 saturated carbocycles. The van der Waals surface area contributed by atoms with E-state index in [9.17, 15) is 14.4 Å². The first-order valence-electron chi connectivity index (χ1n) is 10.6. The van der Waals surface area contributed by atoms with Crippen LogP contribution in [-0.4, -0.2) is 33.6 Å². The second kappa shape index (κ2) is 6.68. The predicted molar refractivity (Wildman–Crippen MR) is 103 cm³/mol. The molecule has 4 atom stereocenters. The Morgan fingerprint density at radius 1 is 1.04 bits per heavy atom. The molecule has 2 heterocycles. The molecule has 4 aliphatic rings. The number of likely N-dealkylation sites (tertiary alicyclic amines) is 1. The number of hydrogen-bond acceptors (Lipinski definition) is 4. The molecule has 1 aromatic rings. The number of nitrogens with one attached hydrogen (secondary N) is 1. The van der Waals surface area contributed by atoms with Gasteiger partial charge in [-0.15, -0.1) is 0 Å². The topological polar surface area (TPSA) is 79.4 Å². The fourth-order valence-corrected chi connectivity index (χ4v) is 6.22. The van der Waals surface area contributed by atoms with E-state index in [2.05, 4.69) is 10.3 Å². The van der Waals surface area contributed by atoms with Gasteiger partial charge in [0.25, 0.3) is 0 Å². The second-order valence-corrected chi connectivity index (χ2v) is 9.12. The zero-order valence-electron chi connectivity index (χ0n) is 16.3. The Kier molecular flexibility index (Phi) is 4.25. The highest BCUT2D eigenvalue weighted by Gasteiger charge is 2.61. The molecular weight excluding hydrogens is 354 g/mol. The maximum absolute atomic E-state index is 13.0. The van der Waals surface area contributed by atoms with E-state index in [1.165, 1.54) is 0 Å². The second-order valence-electron chi connectivity index (χ2n) is 9.12. The third kappa shape index (κ3) is 2.68. The molecule has 3 aliphatic carbocycles. The van der Waals surface area contributed by atoms with Crippen molar-refractivity contribution in [2.75, 3.05) is 5.32 Å². The maximum Gasteiger partial charge on any atom is 0.233 e. The third-order valence-corrected chi connectivity index (χ3v) is 7.69. The van der Waals surface area contributed by atoms with Gasteiger partial charge in [-0.3, -0.25) is 24.3 Å². The van der Waals surface area contributed by atoms with Gasteiger partial charge in [-0.05, 0) is 75.3 Å². The molecule has 0 radical (unpaired) electrons. The monoisotopic (exact) mass is 381 g/mol. The lowest BCUT2D eigenvalue weighted by molar-refractivity contribution is -0.144. The van der Waals surface area contributed by atoms with Crippen molar-refractivity contribution < 1.29 is 14.4 Å². The Labute approximate surface area is 165 Å². The number of fused-ring (bicyclic) bond motifs is 5. The van der Waals surface area contributed by atoms with E-state index in [0.717, 1.165) is 56.2 Å². The highest BCUT2D eigenvalue weighted by Crippen LogP contribution is 2.56. The maximum atomic E-state index is 13.0. The molecular formula is C22H27N3O3. The molecule has 6 heteroatoms. The quantitative estimate of drug-likeness (QED) is 0.817. The van der Waals surface area contributed by atoms with Gasteiger partial charge in [-0.1, -0.05) is 0 Å². The summed E-state index contributed by atoms with van der Waals surface area (Å²) in [5.74, 6) is 0.897. The summed E-state index contributed by atoms with van der Waals surface area (Å²) >= 11 is 0. The number of pyridine rings is 1. The molecule has 5 rings (SSSR count). The number of aromatic nitrogens is 1. The van der Waals surface area contributed by atoms with Gasteiger partial charge in [0.2, 0.25) is 17.7 Å². The van der Waals surface area contributed by atoms with Crippen LogP contribution in [0, 0.1) is 36.5 Å². The number of rotatable bonds is 3. The van der Waals surface area contributed by atoms with E-state index in [1.54, 1.807) is 17.3 Å². The van der Waals surface area contributed by atoms with Gasteiger partial charge in [-0.2, -0.15) is 0 Å². The lowest BCUT2D eigenvalue weighted by atomic mass is 9.81. The van der Waals surface area contributed by atoms with Gasteiger partial charge in [-0.25, -0.2) is 0 Å². The number of nitrogens with zero attached hydrogens (tertiary/aromatic N) is 2. The van der Waals surface area contributed by atoms with Crippen LogP contribution in [0.5, 0.6) is 0 Å². The van der Waals surface area contributed by atoms with Crippen LogP contribution in [0.4, 0.5) is 5.69 Å². The van der Waals surface area contributed by atoms with Crippen LogP contribution >= 0.6 is 0 Å². The van der Waals surface area contributed by atoms with Crippen LogP contribution in [0.3, 0.4) is 0 Å². The van der Waals surface area contributed by atoms with Crippen molar-refractivity contribution >= 4 is 23.4 Å². The minimum atomic E-state index is -0.0701. The summed E-state index contributed by atoms with van der Waals surface area (Å²) in [6.07, 6.45) is 9.58. The molecule has 0 aromatic carbocycles. The predicted octanol–water partition coefficient (Wildman–Crippen LogP) is 2.92. The number of aryl methyl sites for hydroxylation is 1. The first-order valence-corrected chi connectivity index (χ1v) is 10.6. The number of anilines is 1. The van der Waals surface area contributed by atoms with Crippen molar-refractivity contribution in [2.45, 2.75) is 57.9 Å². The van der Waals surface area contributed by atoms with Crippen LogP contribution in [-0.2, 0) is 14.4 Å². The molecule has 0 spiro atoms. The fraction of sp³-hybridized carbons (Fsp3) is 0.636. The van der Waals surface area contributed by atoms with Crippen LogP contribution < -0.4 is 5.32 Å². The van der Waals surface area contributed by atoms with E-state index in [1.807, 2.05) is 13.0 Å². The first kappa shape index (κ1) is 17.8. The Bertz CT molecular complexity index is 802. The number of carbonyl (C=O) groups excluding carboxylic acids is 3. The fourth-order valence-electron chi connectivity index (χ4n) is 6.22. The number of carbonyl (C=O) groups is 3. The highest BCUT2D eigenvalue weighted by molar-refractivity contribution is 6.06. The van der Waals surface area contributed by atoms with Crippen molar-refractivity contribution in [1.82, 2.24) is 9.88 Å². The third-order valence-electron chi connectivity index (χ3n) is 7.69. The van der Waals surface area contributed by atoms with E-state index < -0.39 is 0 Å². The molecule has 1 N–H and O–H groups in total. The van der Waals surface area contributed by atoms with E-state index in [-0.39, 0.29) is 41.5 Å². The van der Waals surface area contributed by atoms with Crippen molar-refractivity contribution in [1.29, 1.82) is 0 Å². The number of amides is 3. The summed E-state index contributed by atoms with van der Waals surface area (Å²) in [7, 11) is 0. The molecule has 1 aromatic heterocycles. The minimum Gasteiger partial charge on any atom is -0.324 e. The average molecular weight is 381 g/mol. The average Bonchev–Trinajstić information content (AvgIpc) is 3.38. The van der Waals surface area contributed by atoms with Crippen molar-refractivity contribution in [3.8, 4) is 0 Å². The van der Waals surface area contributed by atoms with Crippen LogP contribution in [0.1, 0.15) is 50.5 Å².